The van der Waals surface area contributed by atoms with Crippen LogP contribution in [0.5, 0.6) is 0 Å². The predicted molar refractivity (Wildman–Crippen MR) is 67.1 cm³/mol. The molecule has 16 heavy (non-hydrogen) atoms. The number of pyridine rings is 1. The quantitative estimate of drug-likeness (QED) is 0.724. The van der Waals surface area contributed by atoms with Gasteiger partial charge in [0.1, 0.15) is 5.82 Å². The lowest BCUT2D eigenvalue weighted by molar-refractivity contribution is 0.0690. The molecule has 88 valence electrons. The van der Waals surface area contributed by atoms with E-state index in [0.29, 0.717) is 11.5 Å². The molecule has 1 unspecified atom stereocenters. The molecule has 0 amide bonds. The predicted octanol–water partition coefficient (Wildman–Crippen LogP) is 1.53. The first-order valence-corrected chi connectivity index (χ1v) is 6.19. The second-order valence-electron chi connectivity index (χ2n) is 3.44. The highest BCUT2D eigenvalue weighted by Gasteiger charge is 2.10. The van der Waals surface area contributed by atoms with Crippen LogP contribution >= 0.6 is 11.8 Å². The molecule has 0 fully saturated rings. The Morgan fingerprint density at radius 3 is 2.94 bits per heavy atom. The Morgan fingerprint density at radius 2 is 2.38 bits per heavy atom. The Balaban J connectivity index is 2.85. The largest absolute Gasteiger partial charge is 0.477 e. The van der Waals surface area contributed by atoms with Crippen LogP contribution < -0.4 is 11.1 Å². The number of anilines is 2. The van der Waals surface area contributed by atoms with E-state index in [0.717, 1.165) is 5.75 Å². The monoisotopic (exact) mass is 241 g/mol. The molecule has 0 bridgehead atoms. The van der Waals surface area contributed by atoms with Gasteiger partial charge < -0.3 is 16.2 Å². The van der Waals surface area contributed by atoms with E-state index in [2.05, 4.69) is 10.3 Å². The lowest BCUT2D eigenvalue weighted by atomic mass is 10.3. The van der Waals surface area contributed by atoms with Crippen molar-refractivity contribution in [2.24, 2.45) is 0 Å². The summed E-state index contributed by atoms with van der Waals surface area (Å²) in [6.45, 7) is 1.99. The molecule has 1 heterocycles. The van der Waals surface area contributed by atoms with E-state index in [4.69, 9.17) is 10.8 Å². The highest BCUT2D eigenvalue weighted by atomic mass is 32.2. The molecular weight excluding hydrogens is 226 g/mol. The van der Waals surface area contributed by atoms with Gasteiger partial charge in [0, 0.05) is 11.8 Å². The van der Waals surface area contributed by atoms with Crippen LogP contribution in [0, 0.1) is 0 Å². The molecule has 0 saturated heterocycles. The van der Waals surface area contributed by atoms with Crippen molar-refractivity contribution in [1.82, 2.24) is 4.98 Å². The lowest BCUT2D eigenvalue weighted by Gasteiger charge is -2.14. The third-order valence-electron chi connectivity index (χ3n) is 1.95. The molecule has 6 heteroatoms. The number of carbonyl (C=O) groups is 1. The first-order valence-electron chi connectivity index (χ1n) is 4.80. The van der Waals surface area contributed by atoms with Crippen LogP contribution in [0.1, 0.15) is 17.4 Å². The number of nitrogens with two attached hydrogens (primary N) is 1. The van der Waals surface area contributed by atoms with Gasteiger partial charge in [-0.1, -0.05) is 0 Å². The Kier molecular flexibility index (Phi) is 4.42. The number of aromatic nitrogens is 1. The van der Waals surface area contributed by atoms with Crippen molar-refractivity contribution in [3.63, 3.8) is 0 Å². The van der Waals surface area contributed by atoms with Crippen LogP contribution in [-0.4, -0.2) is 34.1 Å². The molecule has 0 aliphatic carbocycles. The fourth-order valence-electron chi connectivity index (χ4n) is 1.23. The number of carboxylic acid groups (broad SMARTS) is 1. The summed E-state index contributed by atoms with van der Waals surface area (Å²) in [4.78, 5) is 14.7. The average Bonchev–Trinajstić information content (AvgIpc) is 2.21. The van der Waals surface area contributed by atoms with E-state index < -0.39 is 5.97 Å². The van der Waals surface area contributed by atoms with Crippen LogP contribution in [0.4, 0.5) is 11.5 Å². The minimum atomic E-state index is -1.06. The molecule has 0 radical (unpaired) electrons. The molecule has 0 aromatic carbocycles. The number of hydrogen-bond donors (Lipinski definition) is 3. The number of nitrogen functional groups attached to an aromatic ring is 1. The van der Waals surface area contributed by atoms with Gasteiger partial charge in [-0.25, -0.2) is 9.78 Å². The standard InChI is InChI=1S/C10H15N3O2S/c1-6(5-16-2)12-9-7(11)3-4-8(13-9)10(14)15/h3-4,6H,5,11H2,1-2H3,(H,12,13)(H,14,15). The van der Waals surface area contributed by atoms with Crippen molar-refractivity contribution in [1.29, 1.82) is 0 Å². The first kappa shape index (κ1) is 12.6. The zero-order valence-electron chi connectivity index (χ0n) is 9.23. The third kappa shape index (κ3) is 3.30. The maximum atomic E-state index is 10.7. The first-order chi connectivity index (χ1) is 7.54. The summed E-state index contributed by atoms with van der Waals surface area (Å²) in [5.41, 5.74) is 6.16. The molecule has 1 atom stereocenters. The molecule has 0 spiro atoms. The van der Waals surface area contributed by atoms with Gasteiger partial charge in [-0.05, 0) is 25.3 Å². The minimum Gasteiger partial charge on any atom is -0.477 e. The smallest absolute Gasteiger partial charge is 0.354 e. The molecule has 1 aromatic heterocycles. The van der Waals surface area contributed by atoms with Crippen molar-refractivity contribution in [3.8, 4) is 0 Å². The second-order valence-corrected chi connectivity index (χ2v) is 4.35. The number of hydrogen-bond acceptors (Lipinski definition) is 5. The number of thioether (sulfide) groups is 1. The lowest BCUT2D eigenvalue weighted by Crippen LogP contribution is -2.20. The Morgan fingerprint density at radius 1 is 1.69 bits per heavy atom. The number of nitrogens with one attached hydrogen (secondary N) is 1. The summed E-state index contributed by atoms with van der Waals surface area (Å²) in [5.74, 6) is 0.278. The van der Waals surface area contributed by atoms with Crippen molar-refractivity contribution in [2.45, 2.75) is 13.0 Å². The van der Waals surface area contributed by atoms with Crippen molar-refractivity contribution in [2.75, 3.05) is 23.1 Å². The zero-order valence-corrected chi connectivity index (χ0v) is 10.0. The van der Waals surface area contributed by atoms with Crippen LogP contribution in [0.2, 0.25) is 0 Å². The minimum absolute atomic E-state index is 0.00643. The molecular formula is C10H15N3O2S. The Bertz CT molecular complexity index is 384. The molecule has 0 aliphatic heterocycles. The van der Waals surface area contributed by atoms with Crippen LogP contribution in [0.25, 0.3) is 0 Å². The van der Waals surface area contributed by atoms with E-state index >= 15 is 0 Å². The van der Waals surface area contributed by atoms with E-state index in [1.54, 1.807) is 17.8 Å². The molecule has 0 aliphatic rings. The van der Waals surface area contributed by atoms with Gasteiger partial charge in [0.25, 0.3) is 0 Å². The summed E-state index contributed by atoms with van der Waals surface area (Å²) >= 11 is 1.70. The van der Waals surface area contributed by atoms with Crippen LogP contribution in [-0.2, 0) is 0 Å². The molecule has 5 nitrogen and oxygen atoms in total. The topological polar surface area (TPSA) is 88.2 Å². The molecule has 0 saturated carbocycles. The molecule has 1 aromatic rings. The highest BCUT2D eigenvalue weighted by Crippen LogP contribution is 2.17. The van der Waals surface area contributed by atoms with Crippen LogP contribution in [0.3, 0.4) is 0 Å². The van der Waals surface area contributed by atoms with Gasteiger partial charge >= 0.3 is 5.97 Å². The number of rotatable bonds is 5. The van der Waals surface area contributed by atoms with E-state index in [-0.39, 0.29) is 11.7 Å². The van der Waals surface area contributed by atoms with Gasteiger partial charge in [0.15, 0.2) is 5.69 Å². The summed E-state index contributed by atoms with van der Waals surface area (Å²) in [7, 11) is 0. The van der Waals surface area contributed by atoms with Gasteiger partial charge in [0.05, 0.1) is 5.69 Å². The van der Waals surface area contributed by atoms with Crippen LogP contribution in [0.15, 0.2) is 12.1 Å². The second kappa shape index (κ2) is 5.60. The number of carboxylic acids is 1. The van der Waals surface area contributed by atoms with Gasteiger partial charge in [-0.3, -0.25) is 0 Å². The number of aromatic carboxylic acids is 1. The van der Waals surface area contributed by atoms with E-state index in [9.17, 15) is 4.79 Å². The van der Waals surface area contributed by atoms with Gasteiger partial charge in [-0.2, -0.15) is 11.8 Å². The SMILES string of the molecule is CSCC(C)Nc1nc(C(=O)O)ccc1N. The fraction of sp³-hybridized carbons (Fsp3) is 0.400. The maximum Gasteiger partial charge on any atom is 0.354 e. The summed E-state index contributed by atoms with van der Waals surface area (Å²) in [6.07, 6.45) is 2.00. The van der Waals surface area contributed by atoms with Gasteiger partial charge in [-0.15, -0.1) is 0 Å². The van der Waals surface area contributed by atoms with Crippen molar-refractivity contribution in [3.05, 3.63) is 17.8 Å². The zero-order chi connectivity index (χ0) is 12.1. The summed E-state index contributed by atoms with van der Waals surface area (Å²) < 4.78 is 0. The molecule has 1 rings (SSSR count). The van der Waals surface area contributed by atoms with E-state index in [1.165, 1.54) is 6.07 Å². The number of nitrogens with zero attached hydrogens (tertiary/aromatic N) is 1. The Hall–Kier alpha value is -1.43. The summed E-state index contributed by atoms with van der Waals surface area (Å²) in [5, 5.41) is 11.9. The average molecular weight is 241 g/mol. The van der Waals surface area contributed by atoms with Crippen molar-refractivity contribution >= 4 is 29.2 Å². The Labute approximate surface area is 98.4 Å². The maximum absolute atomic E-state index is 10.7. The highest BCUT2D eigenvalue weighted by molar-refractivity contribution is 7.98. The van der Waals surface area contributed by atoms with Gasteiger partial charge in [0.2, 0.25) is 0 Å². The molecule has 4 N–H and O–H groups in total. The van der Waals surface area contributed by atoms with Crippen molar-refractivity contribution < 1.29 is 9.90 Å². The fourth-order valence-corrected chi connectivity index (χ4v) is 1.81. The normalized spacial score (nSPS) is 12.1. The van der Waals surface area contributed by atoms with E-state index in [1.807, 2.05) is 13.2 Å². The third-order valence-corrected chi connectivity index (χ3v) is 2.78. The summed E-state index contributed by atoms with van der Waals surface area (Å²) in [6, 6.07) is 3.13.